The second-order valence-electron chi connectivity index (χ2n) is 6.14. The summed E-state index contributed by atoms with van der Waals surface area (Å²) in [5, 5.41) is 1.72. The molecule has 1 aliphatic rings. The zero-order valence-electron chi connectivity index (χ0n) is 14.3. The summed E-state index contributed by atoms with van der Waals surface area (Å²) in [5.74, 6) is -0.680. The third kappa shape index (κ3) is 4.03. The molecule has 1 aromatic carbocycles. The normalized spacial score (nSPS) is 18.4. The molecule has 1 atom stereocenters. The molecule has 0 aliphatic carbocycles. The summed E-state index contributed by atoms with van der Waals surface area (Å²) in [5.41, 5.74) is 0.538. The summed E-state index contributed by atoms with van der Waals surface area (Å²) in [4.78, 5) is 23.7. The van der Waals surface area contributed by atoms with Crippen LogP contribution in [0.15, 0.2) is 46.0 Å². The number of carbonyl (C=O) groups excluding carboxylic acids is 2. The van der Waals surface area contributed by atoms with E-state index in [0.717, 1.165) is 0 Å². The van der Waals surface area contributed by atoms with Crippen molar-refractivity contribution in [3.63, 3.8) is 0 Å². The highest BCUT2D eigenvalue weighted by Crippen LogP contribution is 2.27. The highest BCUT2D eigenvalue weighted by Gasteiger charge is 2.34. The SMILES string of the molecule is CC(=O)c1ccc(OC(=O)[C@@H]2CCCN(S(=O)(=O)c3cccs3)C2)cc1. The van der Waals surface area contributed by atoms with E-state index in [9.17, 15) is 18.0 Å². The maximum atomic E-state index is 12.6. The van der Waals surface area contributed by atoms with Crippen LogP contribution in [-0.4, -0.2) is 37.6 Å². The number of piperidine rings is 1. The quantitative estimate of drug-likeness (QED) is 0.443. The van der Waals surface area contributed by atoms with Crippen LogP contribution in [0.5, 0.6) is 5.75 Å². The molecule has 0 saturated carbocycles. The van der Waals surface area contributed by atoms with E-state index < -0.39 is 21.9 Å². The number of esters is 1. The van der Waals surface area contributed by atoms with Crippen LogP contribution in [0.3, 0.4) is 0 Å². The number of sulfonamides is 1. The molecule has 0 spiro atoms. The van der Waals surface area contributed by atoms with E-state index in [1.54, 1.807) is 41.8 Å². The Hall–Kier alpha value is -2.03. The van der Waals surface area contributed by atoms with Gasteiger partial charge in [-0.25, -0.2) is 8.42 Å². The number of benzene rings is 1. The number of carbonyl (C=O) groups is 2. The maximum absolute atomic E-state index is 12.6. The third-order valence-corrected chi connectivity index (χ3v) is 7.52. The molecule has 1 fully saturated rings. The van der Waals surface area contributed by atoms with Crippen LogP contribution in [0.2, 0.25) is 0 Å². The fraction of sp³-hybridized carbons (Fsp3) is 0.333. The van der Waals surface area contributed by atoms with Crippen LogP contribution >= 0.6 is 11.3 Å². The van der Waals surface area contributed by atoms with Gasteiger partial charge in [-0.2, -0.15) is 4.31 Å². The standard InChI is InChI=1S/C18H19NO5S2/c1-13(20)14-6-8-16(9-7-14)24-18(21)15-4-2-10-19(12-15)26(22,23)17-5-3-11-25-17/h3,5-9,11,15H,2,4,10,12H2,1H3/t15-/m1/s1. The number of rotatable bonds is 5. The molecule has 1 aromatic heterocycles. The Morgan fingerprint density at radius 1 is 1.19 bits per heavy atom. The first-order valence-corrected chi connectivity index (χ1v) is 10.6. The van der Waals surface area contributed by atoms with E-state index >= 15 is 0 Å². The summed E-state index contributed by atoms with van der Waals surface area (Å²) in [6.45, 7) is 1.98. The first-order chi connectivity index (χ1) is 12.4. The monoisotopic (exact) mass is 393 g/mol. The lowest BCUT2D eigenvalue weighted by Gasteiger charge is -2.30. The average molecular weight is 393 g/mol. The average Bonchev–Trinajstić information content (AvgIpc) is 3.18. The molecule has 0 N–H and O–H groups in total. The minimum Gasteiger partial charge on any atom is -0.426 e. The smallest absolute Gasteiger partial charge is 0.315 e. The van der Waals surface area contributed by atoms with Gasteiger partial charge in [-0.3, -0.25) is 9.59 Å². The summed E-state index contributed by atoms with van der Waals surface area (Å²) in [6, 6.07) is 9.59. The van der Waals surface area contributed by atoms with E-state index in [4.69, 9.17) is 4.74 Å². The number of hydrogen-bond donors (Lipinski definition) is 0. The van der Waals surface area contributed by atoms with Crippen molar-refractivity contribution in [2.24, 2.45) is 5.92 Å². The summed E-state index contributed by atoms with van der Waals surface area (Å²) in [7, 11) is -3.57. The minimum absolute atomic E-state index is 0.0652. The molecule has 1 aliphatic heterocycles. The lowest BCUT2D eigenvalue weighted by Crippen LogP contribution is -2.43. The van der Waals surface area contributed by atoms with Crippen LogP contribution < -0.4 is 4.74 Å². The Bertz CT molecular complexity index is 888. The summed E-state index contributed by atoms with van der Waals surface area (Å²) >= 11 is 1.17. The van der Waals surface area contributed by atoms with Crippen molar-refractivity contribution >= 4 is 33.1 Å². The largest absolute Gasteiger partial charge is 0.426 e. The topological polar surface area (TPSA) is 80.8 Å². The number of Topliss-reactive ketones (excluding diaryl/α,β-unsaturated/α-hetero) is 1. The highest BCUT2D eigenvalue weighted by molar-refractivity contribution is 7.91. The van der Waals surface area contributed by atoms with Crippen molar-refractivity contribution in [1.82, 2.24) is 4.31 Å². The van der Waals surface area contributed by atoms with Crippen LogP contribution in [-0.2, 0) is 14.8 Å². The van der Waals surface area contributed by atoms with E-state index in [2.05, 4.69) is 0 Å². The molecule has 0 unspecified atom stereocenters. The molecule has 138 valence electrons. The van der Waals surface area contributed by atoms with Crippen molar-refractivity contribution in [1.29, 1.82) is 0 Å². The molecule has 26 heavy (non-hydrogen) atoms. The molecule has 3 rings (SSSR count). The Balaban J connectivity index is 1.67. The molecule has 8 heteroatoms. The highest BCUT2D eigenvalue weighted by atomic mass is 32.2. The summed E-state index contributed by atoms with van der Waals surface area (Å²) < 4.78 is 32.3. The number of ketones is 1. The molecule has 0 radical (unpaired) electrons. The first-order valence-electron chi connectivity index (χ1n) is 8.24. The van der Waals surface area contributed by atoms with E-state index in [-0.39, 0.29) is 16.5 Å². The number of thiophene rings is 1. The Morgan fingerprint density at radius 2 is 1.92 bits per heavy atom. The van der Waals surface area contributed by atoms with Crippen LogP contribution in [0.1, 0.15) is 30.1 Å². The lowest BCUT2D eigenvalue weighted by atomic mass is 10.00. The molecule has 0 bridgehead atoms. The summed E-state index contributed by atoms with van der Waals surface area (Å²) in [6.07, 6.45) is 1.19. The third-order valence-electron chi connectivity index (χ3n) is 4.29. The fourth-order valence-corrected chi connectivity index (χ4v) is 5.52. The van der Waals surface area contributed by atoms with Gasteiger partial charge >= 0.3 is 5.97 Å². The number of ether oxygens (including phenoxy) is 1. The van der Waals surface area contributed by atoms with Crippen molar-refractivity contribution in [2.75, 3.05) is 13.1 Å². The van der Waals surface area contributed by atoms with Crippen molar-refractivity contribution in [2.45, 2.75) is 24.0 Å². The fourth-order valence-electron chi connectivity index (χ4n) is 2.85. The molecular weight excluding hydrogens is 374 g/mol. The van der Waals surface area contributed by atoms with Gasteiger partial charge in [0, 0.05) is 18.7 Å². The zero-order valence-corrected chi connectivity index (χ0v) is 15.9. The zero-order chi connectivity index (χ0) is 18.7. The second-order valence-corrected chi connectivity index (χ2v) is 9.25. The van der Waals surface area contributed by atoms with Gasteiger partial charge in [0.15, 0.2) is 5.78 Å². The Labute approximate surface area is 156 Å². The predicted octanol–water partition coefficient (Wildman–Crippen LogP) is 2.96. The van der Waals surface area contributed by atoms with E-state index in [1.807, 2.05) is 0 Å². The number of hydrogen-bond acceptors (Lipinski definition) is 6. The van der Waals surface area contributed by atoms with E-state index in [1.165, 1.54) is 22.6 Å². The van der Waals surface area contributed by atoms with E-state index in [0.29, 0.717) is 30.7 Å². The van der Waals surface area contributed by atoms with Gasteiger partial charge in [-0.05, 0) is 55.5 Å². The first kappa shape index (κ1) is 18.8. The molecular formula is C18H19NO5S2. The predicted molar refractivity (Wildman–Crippen MR) is 97.9 cm³/mol. The van der Waals surface area contributed by atoms with Gasteiger partial charge in [-0.15, -0.1) is 11.3 Å². The van der Waals surface area contributed by atoms with Crippen LogP contribution in [0.4, 0.5) is 0 Å². The molecule has 6 nitrogen and oxygen atoms in total. The molecule has 2 heterocycles. The van der Waals surface area contributed by atoms with Gasteiger partial charge in [0.05, 0.1) is 5.92 Å². The van der Waals surface area contributed by atoms with Gasteiger partial charge in [0.25, 0.3) is 10.0 Å². The minimum atomic E-state index is -3.57. The van der Waals surface area contributed by atoms with Crippen molar-refractivity contribution in [3.05, 3.63) is 47.3 Å². The molecule has 0 amide bonds. The molecule has 1 saturated heterocycles. The number of nitrogens with zero attached hydrogens (tertiary/aromatic N) is 1. The Kier molecular flexibility index (Phi) is 5.55. The van der Waals surface area contributed by atoms with Gasteiger partial charge in [0.2, 0.25) is 0 Å². The van der Waals surface area contributed by atoms with Gasteiger partial charge in [0.1, 0.15) is 9.96 Å². The van der Waals surface area contributed by atoms with Gasteiger partial charge in [-0.1, -0.05) is 6.07 Å². The second kappa shape index (κ2) is 7.69. The Morgan fingerprint density at radius 3 is 2.54 bits per heavy atom. The maximum Gasteiger partial charge on any atom is 0.315 e. The van der Waals surface area contributed by atoms with Crippen molar-refractivity contribution < 1.29 is 22.7 Å². The molecule has 2 aromatic rings. The lowest BCUT2D eigenvalue weighted by molar-refractivity contribution is -0.140. The van der Waals surface area contributed by atoms with Crippen molar-refractivity contribution in [3.8, 4) is 5.75 Å². The van der Waals surface area contributed by atoms with Crippen LogP contribution in [0, 0.1) is 5.92 Å². The van der Waals surface area contributed by atoms with Gasteiger partial charge < -0.3 is 4.74 Å². The van der Waals surface area contributed by atoms with Crippen LogP contribution in [0.25, 0.3) is 0 Å².